The minimum absolute atomic E-state index is 0.314. The molecule has 1 atom stereocenters. The molecule has 1 amide bonds. The number of pyridine rings is 1. The predicted octanol–water partition coefficient (Wildman–Crippen LogP) is 3.85. The molecule has 28 heavy (non-hydrogen) atoms. The predicted molar refractivity (Wildman–Crippen MR) is 109 cm³/mol. The Morgan fingerprint density at radius 3 is 2.50 bits per heavy atom. The van der Waals surface area contributed by atoms with Crippen LogP contribution in [0.2, 0.25) is 0 Å². The molecule has 1 aliphatic heterocycles. The third-order valence-corrected chi connectivity index (χ3v) is 5.39. The molecule has 1 aromatic heterocycles. The summed E-state index contributed by atoms with van der Waals surface area (Å²) >= 11 is 3.40. The van der Waals surface area contributed by atoms with Crippen LogP contribution >= 0.6 is 15.9 Å². The maximum absolute atomic E-state index is 13.3. The van der Waals surface area contributed by atoms with Crippen molar-refractivity contribution in [3.8, 4) is 0 Å². The highest BCUT2D eigenvalue weighted by Crippen LogP contribution is 2.44. The molecule has 3 aromatic rings. The van der Waals surface area contributed by atoms with E-state index in [1.807, 2.05) is 36.4 Å². The number of benzene rings is 2. The Labute approximate surface area is 170 Å². The maximum Gasteiger partial charge on any atom is 0.264 e. The lowest BCUT2D eigenvalue weighted by molar-refractivity contribution is -0.136. The number of carbonyl (C=O) groups is 2. The molecular formula is C22H17BrN2O3. The molecule has 0 aliphatic carbocycles. The quantitative estimate of drug-likeness (QED) is 0.616. The molecule has 2 heterocycles. The van der Waals surface area contributed by atoms with E-state index in [4.69, 9.17) is 0 Å². The van der Waals surface area contributed by atoms with Gasteiger partial charge in [-0.15, -0.1) is 0 Å². The van der Waals surface area contributed by atoms with Gasteiger partial charge < -0.3 is 10.0 Å². The van der Waals surface area contributed by atoms with E-state index >= 15 is 0 Å². The van der Waals surface area contributed by atoms with Crippen LogP contribution in [0.4, 0.5) is 5.69 Å². The van der Waals surface area contributed by atoms with Gasteiger partial charge in [0, 0.05) is 28.0 Å². The van der Waals surface area contributed by atoms with Crippen molar-refractivity contribution in [3.05, 3.63) is 94.2 Å². The molecule has 1 aliphatic rings. The molecule has 0 radical (unpaired) electrons. The third-order valence-electron chi connectivity index (χ3n) is 4.90. The minimum atomic E-state index is -1.91. The van der Waals surface area contributed by atoms with E-state index in [0.717, 1.165) is 10.0 Å². The number of aliphatic hydroxyl groups is 1. The summed E-state index contributed by atoms with van der Waals surface area (Å²) in [6, 6.07) is 18.0. The Morgan fingerprint density at radius 2 is 1.79 bits per heavy atom. The Balaban J connectivity index is 1.72. The Kier molecular flexibility index (Phi) is 4.83. The summed E-state index contributed by atoms with van der Waals surface area (Å²) in [5.41, 5.74) is 0.491. The Hall–Kier alpha value is -2.83. The average Bonchev–Trinajstić information content (AvgIpc) is 2.91. The van der Waals surface area contributed by atoms with Gasteiger partial charge in [0.25, 0.3) is 5.91 Å². The molecule has 140 valence electrons. The second-order valence-corrected chi connectivity index (χ2v) is 7.65. The molecule has 5 nitrogen and oxygen atoms in total. The molecule has 6 heteroatoms. The van der Waals surface area contributed by atoms with Crippen molar-refractivity contribution in [1.29, 1.82) is 0 Å². The van der Waals surface area contributed by atoms with Gasteiger partial charge in [-0.05, 0) is 35.9 Å². The van der Waals surface area contributed by atoms with E-state index in [2.05, 4.69) is 20.9 Å². The number of ketones is 1. The van der Waals surface area contributed by atoms with E-state index in [1.54, 1.807) is 24.3 Å². The molecule has 0 bridgehead atoms. The average molecular weight is 437 g/mol. The zero-order valence-corrected chi connectivity index (χ0v) is 16.5. The third kappa shape index (κ3) is 3.25. The van der Waals surface area contributed by atoms with Crippen molar-refractivity contribution in [2.75, 3.05) is 4.90 Å². The summed E-state index contributed by atoms with van der Waals surface area (Å²) in [5.74, 6) is -0.808. The van der Waals surface area contributed by atoms with Crippen LogP contribution in [-0.2, 0) is 16.9 Å². The number of rotatable bonds is 5. The van der Waals surface area contributed by atoms with Gasteiger partial charge in [-0.25, -0.2) is 0 Å². The first-order valence-electron chi connectivity index (χ1n) is 8.80. The fourth-order valence-electron chi connectivity index (χ4n) is 3.49. The van der Waals surface area contributed by atoms with Gasteiger partial charge in [0.05, 0.1) is 18.7 Å². The van der Waals surface area contributed by atoms with Gasteiger partial charge in [0.15, 0.2) is 11.4 Å². The normalized spacial score (nSPS) is 18.2. The number of anilines is 1. The van der Waals surface area contributed by atoms with E-state index in [-0.39, 0.29) is 12.2 Å². The number of carbonyl (C=O) groups excluding carboxylic acids is 2. The van der Waals surface area contributed by atoms with E-state index in [9.17, 15) is 14.7 Å². The first-order valence-corrected chi connectivity index (χ1v) is 9.60. The van der Waals surface area contributed by atoms with Crippen LogP contribution in [0.25, 0.3) is 0 Å². The minimum Gasteiger partial charge on any atom is -0.375 e. The summed E-state index contributed by atoms with van der Waals surface area (Å²) in [6.07, 6.45) is 2.70. The van der Waals surface area contributed by atoms with E-state index < -0.39 is 11.5 Å². The summed E-state index contributed by atoms with van der Waals surface area (Å²) in [6.45, 7) is 0.320. The SMILES string of the molecule is O=C(C[C@]1(O)C(=O)N(Cc2ccccc2)c2ccc(Br)cc21)c1ccncc1. The van der Waals surface area contributed by atoms with Crippen molar-refractivity contribution in [3.63, 3.8) is 0 Å². The molecule has 0 fully saturated rings. The largest absolute Gasteiger partial charge is 0.375 e. The molecule has 1 N–H and O–H groups in total. The number of hydrogen-bond acceptors (Lipinski definition) is 4. The molecular weight excluding hydrogens is 420 g/mol. The van der Waals surface area contributed by atoms with Crippen LogP contribution < -0.4 is 4.90 Å². The number of halogens is 1. The van der Waals surface area contributed by atoms with Gasteiger partial charge in [0.1, 0.15) is 0 Å². The van der Waals surface area contributed by atoms with Crippen LogP contribution in [0.3, 0.4) is 0 Å². The summed E-state index contributed by atoms with van der Waals surface area (Å²) in [4.78, 5) is 31.4. The number of amides is 1. The van der Waals surface area contributed by atoms with Crippen molar-refractivity contribution in [2.24, 2.45) is 0 Å². The van der Waals surface area contributed by atoms with Crippen LogP contribution in [0.1, 0.15) is 27.9 Å². The van der Waals surface area contributed by atoms with Crippen LogP contribution in [0.5, 0.6) is 0 Å². The molecule has 0 unspecified atom stereocenters. The smallest absolute Gasteiger partial charge is 0.264 e. The lowest BCUT2D eigenvalue weighted by Gasteiger charge is -2.23. The molecule has 4 rings (SSSR count). The highest BCUT2D eigenvalue weighted by Gasteiger charge is 2.51. The molecule has 0 spiro atoms. The fraction of sp³-hybridized carbons (Fsp3) is 0.136. The Bertz CT molecular complexity index is 1040. The number of aromatic nitrogens is 1. The van der Waals surface area contributed by atoms with Gasteiger partial charge in [0.2, 0.25) is 0 Å². The summed E-state index contributed by atoms with van der Waals surface area (Å²) < 4.78 is 0.732. The van der Waals surface area contributed by atoms with Crippen molar-refractivity contribution < 1.29 is 14.7 Å². The van der Waals surface area contributed by atoms with Crippen LogP contribution in [-0.4, -0.2) is 21.8 Å². The van der Waals surface area contributed by atoms with Crippen LogP contribution in [0, 0.1) is 0 Å². The van der Waals surface area contributed by atoms with Gasteiger partial charge in [-0.2, -0.15) is 0 Å². The second kappa shape index (κ2) is 7.30. The zero-order valence-electron chi connectivity index (χ0n) is 14.9. The van der Waals surface area contributed by atoms with Crippen molar-refractivity contribution >= 4 is 33.3 Å². The Morgan fingerprint density at radius 1 is 1.07 bits per heavy atom. The first-order chi connectivity index (χ1) is 13.5. The van der Waals surface area contributed by atoms with Gasteiger partial charge in [-0.1, -0.05) is 46.3 Å². The second-order valence-electron chi connectivity index (χ2n) is 6.73. The number of Topliss-reactive ketones (excluding diaryl/α,β-unsaturated/α-hetero) is 1. The first kappa shape index (κ1) is 18.5. The summed E-state index contributed by atoms with van der Waals surface area (Å²) in [5, 5.41) is 11.4. The number of fused-ring (bicyclic) bond motifs is 1. The van der Waals surface area contributed by atoms with Gasteiger partial charge >= 0.3 is 0 Å². The lowest BCUT2D eigenvalue weighted by Crippen LogP contribution is -2.41. The molecule has 2 aromatic carbocycles. The topological polar surface area (TPSA) is 70.5 Å². The number of hydrogen-bond donors (Lipinski definition) is 1. The molecule has 0 saturated carbocycles. The maximum atomic E-state index is 13.3. The standard InChI is InChI=1S/C22H17BrN2O3/c23-17-6-7-19-18(12-17)22(28,13-20(26)16-8-10-24-11-9-16)21(27)25(19)14-15-4-2-1-3-5-15/h1-12,28H,13-14H2/t22-/m1/s1. The zero-order chi connectivity index (χ0) is 19.7. The van der Waals surface area contributed by atoms with E-state index in [1.165, 1.54) is 17.3 Å². The van der Waals surface area contributed by atoms with Crippen molar-refractivity contribution in [2.45, 2.75) is 18.6 Å². The van der Waals surface area contributed by atoms with Crippen molar-refractivity contribution in [1.82, 2.24) is 4.98 Å². The fourth-order valence-corrected chi connectivity index (χ4v) is 3.85. The monoisotopic (exact) mass is 436 g/mol. The molecule has 0 saturated heterocycles. The highest BCUT2D eigenvalue weighted by molar-refractivity contribution is 9.10. The number of nitrogens with zero attached hydrogens (tertiary/aromatic N) is 2. The van der Waals surface area contributed by atoms with Gasteiger partial charge in [-0.3, -0.25) is 14.6 Å². The summed E-state index contributed by atoms with van der Waals surface area (Å²) in [7, 11) is 0. The highest BCUT2D eigenvalue weighted by atomic mass is 79.9. The van der Waals surface area contributed by atoms with Crippen LogP contribution in [0.15, 0.2) is 77.5 Å². The van der Waals surface area contributed by atoms with E-state index in [0.29, 0.717) is 23.4 Å². The lowest BCUT2D eigenvalue weighted by atomic mass is 9.88.